The van der Waals surface area contributed by atoms with Gasteiger partial charge < -0.3 is 5.32 Å². The number of benzene rings is 2. The number of nitrogens with zero attached hydrogens (tertiary/aromatic N) is 2. The van der Waals surface area contributed by atoms with Crippen molar-refractivity contribution < 1.29 is 4.79 Å². The predicted molar refractivity (Wildman–Crippen MR) is 82.8 cm³/mol. The van der Waals surface area contributed by atoms with Crippen LogP contribution in [0.25, 0.3) is 11.0 Å². The first kappa shape index (κ1) is 13.6. The second-order valence-corrected chi connectivity index (χ2v) is 5.33. The summed E-state index contributed by atoms with van der Waals surface area (Å²) in [4.78, 5) is 12.3. The van der Waals surface area contributed by atoms with Crippen molar-refractivity contribution in [1.82, 2.24) is 15.4 Å². The van der Waals surface area contributed by atoms with E-state index in [2.05, 4.69) is 20.7 Å². The van der Waals surface area contributed by atoms with Gasteiger partial charge in [-0.2, -0.15) is 15.4 Å². The molecule has 0 fully saturated rings. The number of hydrogen-bond acceptors (Lipinski definition) is 3. The van der Waals surface area contributed by atoms with Gasteiger partial charge in [-0.3, -0.25) is 4.79 Å². The summed E-state index contributed by atoms with van der Waals surface area (Å²) in [5.41, 5.74) is 4.49. The zero-order chi connectivity index (χ0) is 15.0. The fourth-order valence-electron chi connectivity index (χ4n) is 2.24. The quantitative estimate of drug-likeness (QED) is 0.761. The maximum absolute atomic E-state index is 12.3. The molecule has 0 bridgehead atoms. The average Bonchev–Trinajstić information content (AvgIpc) is 2.89. The topological polar surface area (TPSA) is 70.7 Å². The summed E-state index contributed by atoms with van der Waals surface area (Å²) in [5.74, 6) is -0.228. The second kappa shape index (κ2) is 5.18. The summed E-state index contributed by atoms with van der Waals surface area (Å²) in [7, 11) is 0. The summed E-state index contributed by atoms with van der Waals surface area (Å²) < 4.78 is 0. The number of aromatic amines is 1. The lowest BCUT2D eigenvalue weighted by molar-refractivity contribution is 0.102. The van der Waals surface area contributed by atoms with E-state index in [0.29, 0.717) is 21.8 Å². The van der Waals surface area contributed by atoms with E-state index in [1.165, 1.54) is 0 Å². The highest BCUT2D eigenvalue weighted by molar-refractivity contribution is 6.34. The van der Waals surface area contributed by atoms with Crippen LogP contribution in [0.15, 0.2) is 30.3 Å². The van der Waals surface area contributed by atoms with Gasteiger partial charge in [-0.15, -0.1) is 0 Å². The van der Waals surface area contributed by atoms with Gasteiger partial charge in [-0.05, 0) is 49.2 Å². The van der Waals surface area contributed by atoms with Crippen molar-refractivity contribution in [3.05, 3.63) is 52.0 Å². The molecule has 0 aliphatic carbocycles. The molecule has 0 saturated heterocycles. The van der Waals surface area contributed by atoms with Crippen LogP contribution in [0, 0.1) is 13.8 Å². The van der Waals surface area contributed by atoms with E-state index in [1.54, 1.807) is 18.2 Å². The summed E-state index contributed by atoms with van der Waals surface area (Å²) in [6.07, 6.45) is 0. The molecular weight excluding hydrogens is 288 g/mol. The van der Waals surface area contributed by atoms with E-state index in [-0.39, 0.29) is 5.91 Å². The molecule has 0 aliphatic rings. The van der Waals surface area contributed by atoms with E-state index in [0.717, 1.165) is 16.6 Å². The zero-order valence-corrected chi connectivity index (χ0v) is 12.3. The van der Waals surface area contributed by atoms with Crippen molar-refractivity contribution in [3.8, 4) is 0 Å². The number of aryl methyl sites for hydroxylation is 2. The third-order valence-corrected chi connectivity index (χ3v) is 3.55. The lowest BCUT2D eigenvalue weighted by atomic mass is 10.1. The number of H-pyrrole nitrogens is 1. The van der Waals surface area contributed by atoms with Gasteiger partial charge in [0.25, 0.3) is 5.91 Å². The number of carbonyl (C=O) groups excluding carboxylic acids is 1. The van der Waals surface area contributed by atoms with Crippen LogP contribution in [0.3, 0.4) is 0 Å². The SMILES string of the molecule is Cc1cc(C)c(NC(=O)c2ccc3n[nH]nc3c2)c(Cl)c1. The number of hydrogen-bond donors (Lipinski definition) is 2. The summed E-state index contributed by atoms with van der Waals surface area (Å²) in [6.45, 7) is 3.87. The zero-order valence-electron chi connectivity index (χ0n) is 11.6. The molecule has 3 rings (SSSR count). The normalized spacial score (nSPS) is 10.8. The van der Waals surface area contributed by atoms with Gasteiger partial charge in [0, 0.05) is 5.56 Å². The van der Waals surface area contributed by atoms with Crippen molar-refractivity contribution in [2.45, 2.75) is 13.8 Å². The van der Waals surface area contributed by atoms with Crippen LogP contribution < -0.4 is 5.32 Å². The highest BCUT2D eigenvalue weighted by Crippen LogP contribution is 2.28. The van der Waals surface area contributed by atoms with Crippen LogP contribution in [0.5, 0.6) is 0 Å². The number of amides is 1. The number of aromatic nitrogens is 3. The first-order valence-electron chi connectivity index (χ1n) is 6.43. The molecule has 2 N–H and O–H groups in total. The van der Waals surface area contributed by atoms with Crippen LogP contribution >= 0.6 is 11.6 Å². The number of nitrogens with one attached hydrogen (secondary N) is 2. The molecular formula is C15H13ClN4O. The summed E-state index contributed by atoms with van der Waals surface area (Å²) in [6, 6.07) is 8.94. The molecule has 106 valence electrons. The van der Waals surface area contributed by atoms with Gasteiger partial charge >= 0.3 is 0 Å². The molecule has 21 heavy (non-hydrogen) atoms. The molecule has 0 spiro atoms. The molecule has 6 heteroatoms. The van der Waals surface area contributed by atoms with Crippen LogP contribution in [-0.4, -0.2) is 21.3 Å². The third-order valence-electron chi connectivity index (χ3n) is 3.25. The molecule has 3 aromatic rings. The molecule has 0 aliphatic heterocycles. The molecule has 0 radical (unpaired) electrons. The lowest BCUT2D eigenvalue weighted by Crippen LogP contribution is -2.13. The van der Waals surface area contributed by atoms with Gasteiger partial charge in [-0.1, -0.05) is 17.7 Å². The van der Waals surface area contributed by atoms with Crippen molar-refractivity contribution in [2.24, 2.45) is 0 Å². The minimum atomic E-state index is -0.228. The Morgan fingerprint density at radius 1 is 1.14 bits per heavy atom. The largest absolute Gasteiger partial charge is 0.320 e. The van der Waals surface area contributed by atoms with Crippen molar-refractivity contribution in [2.75, 3.05) is 5.32 Å². The maximum Gasteiger partial charge on any atom is 0.255 e. The van der Waals surface area contributed by atoms with E-state index in [9.17, 15) is 4.79 Å². The van der Waals surface area contributed by atoms with E-state index in [4.69, 9.17) is 11.6 Å². The van der Waals surface area contributed by atoms with Gasteiger partial charge in [0.1, 0.15) is 11.0 Å². The standard InChI is InChI=1S/C15H13ClN4O/c1-8-5-9(2)14(11(16)6-8)17-15(21)10-3-4-12-13(7-10)19-20-18-12/h3-7H,1-2H3,(H,17,21)(H,18,19,20). The highest BCUT2D eigenvalue weighted by atomic mass is 35.5. The Balaban J connectivity index is 1.92. The van der Waals surface area contributed by atoms with Crippen LogP contribution in [0.2, 0.25) is 5.02 Å². The van der Waals surface area contributed by atoms with Crippen LogP contribution in [0.1, 0.15) is 21.5 Å². The molecule has 5 nitrogen and oxygen atoms in total. The number of anilines is 1. The Morgan fingerprint density at radius 2 is 1.90 bits per heavy atom. The van der Waals surface area contributed by atoms with Gasteiger partial charge in [0.15, 0.2) is 0 Å². The maximum atomic E-state index is 12.3. The van der Waals surface area contributed by atoms with E-state index >= 15 is 0 Å². The Morgan fingerprint density at radius 3 is 2.67 bits per heavy atom. The van der Waals surface area contributed by atoms with Crippen LogP contribution in [0.4, 0.5) is 5.69 Å². The molecule has 1 heterocycles. The highest BCUT2D eigenvalue weighted by Gasteiger charge is 2.12. The molecule has 2 aromatic carbocycles. The minimum Gasteiger partial charge on any atom is -0.320 e. The number of rotatable bonds is 2. The molecule has 0 unspecified atom stereocenters. The Bertz CT molecular complexity index is 818. The van der Waals surface area contributed by atoms with Crippen molar-refractivity contribution >= 4 is 34.2 Å². The van der Waals surface area contributed by atoms with Gasteiger partial charge in [-0.25, -0.2) is 0 Å². The second-order valence-electron chi connectivity index (χ2n) is 4.92. The number of halogens is 1. The van der Waals surface area contributed by atoms with Gasteiger partial charge in [0.2, 0.25) is 0 Å². The lowest BCUT2D eigenvalue weighted by Gasteiger charge is -2.11. The van der Waals surface area contributed by atoms with Crippen molar-refractivity contribution in [1.29, 1.82) is 0 Å². The third kappa shape index (κ3) is 2.60. The predicted octanol–water partition coefficient (Wildman–Crippen LogP) is 3.48. The molecule has 1 amide bonds. The molecule has 0 atom stereocenters. The fraction of sp³-hybridized carbons (Fsp3) is 0.133. The smallest absolute Gasteiger partial charge is 0.255 e. The minimum absolute atomic E-state index is 0.228. The Labute approximate surface area is 126 Å². The first-order chi connectivity index (χ1) is 10.0. The monoisotopic (exact) mass is 300 g/mol. The van der Waals surface area contributed by atoms with Crippen molar-refractivity contribution in [3.63, 3.8) is 0 Å². The summed E-state index contributed by atoms with van der Waals surface area (Å²) in [5, 5.41) is 13.8. The van der Waals surface area contributed by atoms with E-state index in [1.807, 2.05) is 26.0 Å². The van der Waals surface area contributed by atoms with Gasteiger partial charge in [0.05, 0.1) is 10.7 Å². The molecule has 0 saturated carbocycles. The number of carbonyl (C=O) groups is 1. The summed E-state index contributed by atoms with van der Waals surface area (Å²) >= 11 is 6.20. The molecule has 1 aromatic heterocycles. The fourth-order valence-corrected chi connectivity index (χ4v) is 2.61. The Hall–Kier alpha value is -2.40. The Kier molecular flexibility index (Phi) is 3.35. The van der Waals surface area contributed by atoms with E-state index < -0.39 is 0 Å². The van der Waals surface area contributed by atoms with Crippen LogP contribution in [-0.2, 0) is 0 Å². The number of fused-ring (bicyclic) bond motifs is 1. The average molecular weight is 301 g/mol. The first-order valence-corrected chi connectivity index (χ1v) is 6.81.